The number of amides is 2. The number of aromatic nitrogens is 2. The zero-order valence-corrected chi connectivity index (χ0v) is 14.1. The lowest BCUT2D eigenvalue weighted by atomic mass is 10.2. The van der Waals surface area contributed by atoms with Crippen LogP contribution in [0.15, 0.2) is 42.7 Å². The van der Waals surface area contributed by atoms with Gasteiger partial charge < -0.3 is 10.6 Å². The van der Waals surface area contributed by atoms with E-state index in [1.54, 1.807) is 18.3 Å². The number of nitrogens with zero attached hydrogens (tertiary/aromatic N) is 3. The van der Waals surface area contributed by atoms with Gasteiger partial charge in [0.15, 0.2) is 0 Å². The van der Waals surface area contributed by atoms with E-state index in [-0.39, 0.29) is 17.9 Å². The molecule has 2 N–H and O–H groups in total. The van der Waals surface area contributed by atoms with E-state index in [0.717, 1.165) is 25.1 Å². The first-order valence-electron chi connectivity index (χ1n) is 8.30. The van der Waals surface area contributed by atoms with Crippen LogP contribution >= 0.6 is 0 Å². The van der Waals surface area contributed by atoms with Crippen molar-refractivity contribution in [2.45, 2.75) is 32.4 Å². The lowest BCUT2D eigenvalue weighted by Crippen LogP contribution is -2.39. The van der Waals surface area contributed by atoms with Gasteiger partial charge >= 0.3 is 0 Å². The molecule has 0 radical (unpaired) electrons. The molecule has 130 valence electrons. The summed E-state index contributed by atoms with van der Waals surface area (Å²) < 4.78 is 0. The van der Waals surface area contributed by atoms with Crippen molar-refractivity contribution >= 4 is 23.3 Å². The van der Waals surface area contributed by atoms with Crippen LogP contribution in [0.25, 0.3) is 0 Å². The lowest BCUT2D eigenvalue weighted by molar-refractivity contribution is -0.120. The fourth-order valence-corrected chi connectivity index (χ4v) is 2.97. The molecule has 1 saturated heterocycles. The summed E-state index contributed by atoms with van der Waals surface area (Å²) in [5, 5.41) is 5.50. The van der Waals surface area contributed by atoms with Gasteiger partial charge in [0.25, 0.3) is 0 Å². The average molecular weight is 339 g/mol. The van der Waals surface area contributed by atoms with Crippen molar-refractivity contribution in [2.24, 2.45) is 0 Å². The monoisotopic (exact) mass is 339 g/mol. The Bertz CT molecular complexity index is 733. The van der Waals surface area contributed by atoms with Gasteiger partial charge in [-0.15, -0.1) is 0 Å². The average Bonchev–Trinajstić information content (AvgIpc) is 3.05. The normalized spacial score (nSPS) is 17.2. The Hall–Kier alpha value is -2.80. The van der Waals surface area contributed by atoms with Crippen molar-refractivity contribution in [3.63, 3.8) is 0 Å². The molecule has 1 unspecified atom stereocenters. The maximum atomic E-state index is 12.6. The van der Waals surface area contributed by atoms with Crippen LogP contribution in [0.2, 0.25) is 0 Å². The van der Waals surface area contributed by atoms with Crippen LogP contribution in [-0.2, 0) is 16.1 Å². The number of anilines is 2. The topological polar surface area (TPSA) is 87.2 Å². The summed E-state index contributed by atoms with van der Waals surface area (Å²) in [6.45, 7) is 2.98. The highest BCUT2D eigenvalue weighted by Gasteiger charge is 2.31. The first-order valence-corrected chi connectivity index (χ1v) is 8.30. The molecule has 0 aromatic carbocycles. The van der Waals surface area contributed by atoms with Crippen molar-refractivity contribution in [3.8, 4) is 0 Å². The summed E-state index contributed by atoms with van der Waals surface area (Å²) in [6, 6.07) is 9.02. The highest BCUT2D eigenvalue weighted by Crippen LogP contribution is 2.21. The van der Waals surface area contributed by atoms with Crippen LogP contribution in [0.3, 0.4) is 0 Å². The number of hydrogen-bond donors (Lipinski definition) is 2. The van der Waals surface area contributed by atoms with Gasteiger partial charge in [0, 0.05) is 19.7 Å². The number of carbonyl (C=O) groups is 2. The Balaban J connectivity index is 1.60. The number of carbonyl (C=O) groups excluding carboxylic acids is 2. The minimum Gasteiger partial charge on any atom is -0.325 e. The molecule has 1 fully saturated rings. The Morgan fingerprint density at radius 3 is 2.76 bits per heavy atom. The van der Waals surface area contributed by atoms with Crippen LogP contribution in [-0.4, -0.2) is 39.3 Å². The van der Waals surface area contributed by atoms with Gasteiger partial charge in [0.1, 0.15) is 5.82 Å². The fourth-order valence-electron chi connectivity index (χ4n) is 2.97. The standard InChI is InChI=1S/C18H21N5O2/c1-13(24)21-14-7-8-17(20-11-14)22-18(25)16-6-4-10-23(16)12-15-5-2-3-9-19-15/h2-3,5,7-9,11,16H,4,6,10,12H2,1H3,(H,21,24)(H,20,22,25). The van der Waals surface area contributed by atoms with Crippen molar-refractivity contribution in [1.82, 2.24) is 14.9 Å². The Morgan fingerprint density at radius 2 is 2.08 bits per heavy atom. The maximum Gasteiger partial charge on any atom is 0.242 e. The van der Waals surface area contributed by atoms with Gasteiger partial charge in [-0.2, -0.15) is 0 Å². The summed E-state index contributed by atoms with van der Waals surface area (Å²) >= 11 is 0. The van der Waals surface area contributed by atoms with Crippen molar-refractivity contribution in [1.29, 1.82) is 0 Å². The number of rotatable bonds is 5. The third-order valence-electron chi connectivity index (χ3n) is 4.09. The largest absolute Gasteiger partial charge is 0.325 e. The third-order valence-corrected chi connectivity index (χ3v) is 4.09. The molecule has 25 heavy (non-hydrogen) atoms. The molecule has 1 atom stereocenters. The number of hydrogen-bond acceptors (Lipinski definition) is 5. The molecule has 2 amide bonds. The maximum absolute atomic E-state index is 12.6. The first kappa shape index (κ1) is 17.0. The quantitative estimate of drug-likeness (QED) is 0.870. The van der Waals surface area contributed by atoms with E-state index >= 15 is 0 Å². The Kier molecular flexibility index (Phi) is 5.35. The Labute approximate surface area is 146 Å². The summed E-state index contributed by atoms with van der Waals surface area (Å²) in [7, 11) is 0. The van der Waals surface area contributed by atoms with Gasteiger partial charge in [-0.25, -0.2) is 4.98 Å². The van der Waals surface area contributed by atoms with E-state index in [9.17, 15) is 9.59 Å². The van der Waals surface area contributed by atoms with Crippen molar-refractivity contribution in [2.75, 3.05) is 17.2 Å². The minimum absolute atomic E-state index is 0.0618. The summed E-state index contributed by atoms with van der Waals surface area (Å²) in [5.74, 6) is 0.256. The zero-order chi connectivity index (χ0) is 17.6. The molecule has 0 saturated carbocycles. The SMILES string of the molecule is CC(=O)Nc1ccc(NC(=O)C2CCCN2Cc2ccccn2)nc1. The second kappa shape index (κ2) is 7.85. The first-order chi connectivity index (χ1) is 12.1. The van der Waals surface area contributed by atoms with Gasteiger partial charge in [0.05, 0.1) is 23.6 Å². The second-order valence-corrected chi connectivity index (χ2v) is 6.05. The summed E-state index contributed by atoms with van der Waals surface area (Å²) in [6.07, 6.45) is 5.10. The van der Waals surface area contributed by atoms with E-state index in [0.29, 0.717) is 18.1 Å². The molecule has 0 spiro atoms. The number of pyridine rings is 2. The molecule has 2 aromatic rings. The summed E-state index contributed by atoms with van der Waals surface area (Å²) in [5.41, 5.74) is 1.56. The molecule has 1 aliphatic rings. The molecule has 7 heteroatoms. The van der Waals surface area contributed by atoms with Crippen LogP contribution in [0.4, 0.5) is 11.5 Å². The predicted octanol–water partition coefficient (Wildman–Crippen LogP) is 2.04. The zero-order valence-electron chi connectivity index (χ0n) is 14.1. The van der Waals surface area contributed by atoms with E-state index in [1.807, 2.05) is 18.2 Å². The molecular formula is C18H21N5O2. The smallest absolute Gasteiger partial charge is 0.242 e. The van der Waals surface area contributed by atoms with E-state index in [1.165, 1.54) is 13.1 Å². The highest BCUT2D eigenvalue weighted by molar-refractivity contribution is 5.94. The molecule has 3 heterocycles. The van der Waals surface area contributed by atoms with Gasteiger partial charge in [-0.05, 0) is 43.7 Å². The van der Waals surface area contributed by atoms with Gasteiger partial charge in [-0.1, -0.05) is 6.07 Å². The lowest BCUT2D eigenvalue weighted by Gasteiger charge is -2.23. The molecule has 3 rings (SSSR count). The predicted molar refractivity (Wildman–Crippen MR) is 94.8 cm³/mol. The Morgan fingerprint density at radius 1 is 1.20 bits per heavy atom. The van der Waals surface area contributed by atoms with Crippen molar-refractivity contribution < 1.29 is 9.59 Å². The summed E-state index contributed by atoms with van der Waals surface area (Å²) in [4.78, 5) is 34.3. The van der Waals surface area contributed by atoms with E-state index < -0.39 is 0 Å². The fraction of sp³-hybridized carbons (Fsp3) is 0.333. The van der Waals surface area contributed by atoms with E-state index in [4.69, 9.17) is 0 Å². The molecule has 7 nitrogen and oxygen atoms in total. The minimum atomic E-state index is -0.182. The van der Waals surface area contributed by atoms with Crippen LogP contribution in [0, 0.1) is 0 Å². The third kappa shape index (κ3) is 4.60. The highest BCUT2D eigenvalue weighted by atomic mass is 16.2. The van der Waals surface area contributed by atoms with Crippen LogP contribution < -0.4 is 10.6 Å². The van der Waals surface area contributed by atoms with Gasteiger partial charge in [0.2, 0.25) is 11.8 Å². The molecular weight excluding hydrogens is 318 g/mol. The molecule has 2 aromatic heterocycles. The number of likely N-dealkylation sites (tertiary alicyclic amines) is 1. The van der Waals surface area contributed by atoms with Crippen LogP contribution in [0.1, 0.15) is 25.5 Å². The molecule has 1 aliphatic heterocycles. The van der Waals surface area contributed by atoms with E-state index in [2.05, 4.69) is 25.5 Å². The van der Waals surface area contributed by atoms with Crippen LogP contribution in [0.5, 0.6) is 0 Å². The molecule has 0 aliphatic carbocycles. The van der Waals surface area contributed by atoms with Crippen molar-refractivity contribution in [3.05, 3.63) is 48.4 Å². The van der Waals surface area contributed by atoms with Gasteiger partial charge in [-0.3, -0.25) is 19.5 Å². The number of nitrogens with one attached hydrogen (secondary N) is 2. The molecule has 0 bridgehead atoms. The second-order valence-electron chi connectivity index (χ2n) is 6.05.